The van der Waals surface area contributed by atoms with Crippen LogP contribution in [0.15, 0.2) is 74.9 Å². The summed E-state index contributed by atoms with van der Waals surface area (Å²) in [7, 11) is 0. The van der Waals surface area contributed by atoms with Crippen molar-refractivity contribution in [1.82, 2.24) is 0 Å². The molecule has 0 heteroatoms. The highest BCUT2D eigenvalue weighted by atomic mass is 13.7. The van der Waals surface area contributed by atoms with Crippen molar-refractivity contribution >= 4 is 0 Å². The van der Waals surface area contributed by atoms with Crippen molar-refractivity contribution in [3.05, 3.63) is 74.9 Å². The minimum absolute atomic E-state index is 0.937. The first-order valence-electron chi connectivity index (χ1n) is 4.12. The second kappa shape index (κ2) is 16.8. The maximum absolute atomic E-state index is 3.55. The van der Waals surface area contributed by atoms with Crippen molar-refractivity contribution in [2.24, 2.45) is 0 Å². The second-order valence-corrected chi connectivity index (χ2v) is 2.04. The van der Waals surface area contributed by atoms with Crippen LogP contribution in [-0.2, 0) is 0 Å². The van der Waals surface area contributed by atoms with Crippen molar-refractivity contribution in [2.45, 2.75) is 6.42 Å². The smallest absolute Gasteiger partial charge is 0.0169 e. The molecule has 70 valence electrons. The Bertz CT molecular complexity index is 182. The molecule has 0 radical (unpaired) electrons. The maximum atomic E-state index is 3.55. The van der Waals surface area contributed by atoms with Gasteiger partial charge in [-0.25, -0.2) is 0 Å². The van der Waals surface area contributed by atoms with Crippen LogP contribution in [0, 0.1) is 0 Å². The molecule has 0 aliphatic heterocycles. The fraction of sp³-hybridized carbons (Fsp3) is 0.0769. The van der Waals surface area contributed by atoms with Gasteiger partial charge in [0.1, 0.15) is 0 Å². The zero-order valence-corrected chi connectivity index (χ0v) is 8.15. The number of rotatable bonds is 5. The highest BCUT2D eigenvalue weighted by molar-refractivity contribution is 5.05. The first-order chi connectivity index (χ1) is 6.33. The van der Waals surface area contributed by atoms with Gasteiger partial charge in [0, 0.05) is 0 Å². The number of hydrogen-bond donors (Lipinski definition) is 0. The molecule has 0 saturated carbocycles. The average molecular weight is 174 g/mol. The third-order valence-electron chi connectivity index (χ3n) is 0.958. The van der Waals surface area contributed by atoms with Crippen LogP contribution in [0.25, 0.3) is 0 Å². The fourth-order valence-electron chi connectivity index (χ4n) is 0.428. The van der Waals surface area contributed by atoms with Crippen LogP contribution in [0.5, 0.6) is 0 Å². The Labute approximate surface area is 82.0 Å². The van der Waals surface area contributed by atoms with Gasteiger partial charge in [-0.2, -0.15) is 0 Å². The molecule has 0 aromatic heterocycles. The topological polar surface area (TPSA) is 0 Å². The molecule has 0 nitrogen and oxygen atoms in total. The third kappa shape index (κ3) is 25.1. The van der Waals surface area contributed by atoms with E-state index in [2.05, 4.69) is 26.3 Å². The van der Waals surface area contributed by atoms with Gasteiger partial charge < -0.3 is 0 Å². The van der Waals surface area contributed by atoms with Crippen LogP contribution in [0.1, 0.15) is 6.42 Å². The van der Waals surface area contributed by atoms with E-state index in [1.165, 1.54) is 0 Å². The van der Waals surface area contributed by atoms with Crippen LogP contribution >= 0.6 is 0 Å². The SMILES string of the molecule is C=C/C=C/C=C.C=C/C=C/CC=C. The van der Waals surface area contributed by atoms with Gasteiger partial charge in [-0.3, -0.25) is 0 Å². The Hall–Kier alpha value is -1.56. The molecule has 0 aliphatic rings. The van der Waals surface area contributed by atoms with Gasteiger partial charge in [0.25, 0.3) is 0 Å². The monoisotopic (exact) mass is 174 g/mol. The number of hydrogen-bond acceptors (Lipinski definition) is 0. The first-order valence-corrected chi connectivity index (χ1v) is 4.12. The molecule has 0 heterocycles. The lowest BCUT2D eigenvalue weighted by Gasteiger charge is -1.71. The van der Waals surface area contributed by atoms with Crippen LogP contribution in [0.4, 0.5) is 0 Å². The van der Waals surface area contributed by atoms with E-state index < -0.39 is 0 Å². The predicted molar refractivity (Wildman–Crippen MR) is 63.7 cm³/mol. The van der Waals surface area contributed by atoms with Crippen LogP contribution in [0.2, 0.25) is 0 Å². The minimum atomic E-state index is 0.937. The van der Waals surface area contributed by atoms with E-state index in [1.54, 1.807) is 18.2 Å². The average Bonchev–Trinajstić information content (AvgIpc) is 2.17. The van der Waals surface area contributed by atoms with Crippen molar-refractivity contribution in [3.8, 4) is 0 Å². The minimum Gasteiger partial charge on any atom is -0.103 e. The lowest BCUT2D eigenvalue weighted by molar-refractivity contribution is 1.41. The molecular weight excluding hydrogens is 156 g/mol. The summed E-state index contributed by atoms with van der Waals surface area (Å²) in [4.78, 5) is 0. The third-order valence-corrected chi connectivity index (χ3v) is 0.958. The molecule has 0 rings (SSSR count). The Morgan fingerprint density at radius 3 is 1.46 bits per heavy atom. The highest BCUT2D eigenvalue weighted by Crippen LogP contribution is 1.81. The lowest BCUT2D eigenvalue weighted by Crippen LogP contribution is -1.50. The van der Waals surface area contributed by atoms with E-state index in [1.807, 2.05) is 30.4 Å². The predicted octanol–water partition coefficient (Wildman–Crippen LogP) is 4.22. The van der Waals surface area contributed by atoms with E-state index in [-0.39, 0.29) is 0 Å². The van der Waals surface area contributed by atoms with E-state index >= 15 is 0 Å². The van der Waals surface area contributed by atoms with E-state index in [4.69, 9.17) is 0 Å². The van der Waals surface area contributed by atoms with E-state index in [0.29, 0.717) is 0 Å². The maximum Gasteiger partial charge on any atom is -0.0169 e. The Morgan fingerprint density at radius 2 is 1.15 bits per heavy atom. The molecular formula is C13H18. The summed E-state index contributed by atoms with van der Waals surface area (Å²) in [6, 6.07) is 0. The Balaban J connectivity index is 0. The largest absolute Gasteiger partial charge is 0.103 e. The summed E-state index contributed by atoms with van der Waals surface area (Å²) < 4.78 is 0. The molecule has 0 unspecified atom stereocenters. The second-order valence-electron chi connectivity index (χ2n) is 2.04. The molecule has 0 spiro atoms. The van der Waals surface area contributed by atoms with Crippen LogP contribution in [0.3, 0.4) is 0 Å². The Kier molecular flexibility index (Phi) is 18.1. The van der Waals surface area contributed by atoms with Crippen molar-refractivity contribution in [3.63, 3.8) is 0 Å². The molecule has 13 heavy (non-hydrogen) atoms. The molecule has 0 amide bonds. The normalized spacial score (nSPS) is 8.92. The molecule has 0 aromatic carbocycles. The van der Waals surface area contributed by atoms with Crippen molar-refractivity contribution in [2.75, 3.05) is 0 Å². The Morgan fingerprint density at radius 1 is 0.692 bits per heavy atom. The fourth-order valence-corrected chi connectivity index (χ4v) is 0.428. The summed E-state index contributed by atoms with van der Waals surface area (Å²) in [5.41, 5.74) is 0. The van der Waals surface area contributed by atoms with E-state index in [0.717, 1.165) is 6.42 Å². The molecule has 0 fully saturated rings. The molecule has 0 saturated heterocycles. The summed E-state index contributed by atoms with van der Waals surface area (Å²) in [6.45, 7) is 14.0. The standard InChI is InChI=1S/C7H10.C6H8/c1-3-5-7-6-4-2;1-3-5-6-4-2/h3-5,7H,1-2,6H2;3-6H,1-2H2/b7-5+;6-5+. The first kappa shape index (κ1) is 14.0. The lowest BCUT2D eigenvalue weighted by atomic mass is 10.4. The highest BCUT2D eigenvalue weighted by Gasteiger charge is 1.59. The van der Waals surface area contributed by atoms with Gasteiger partial charge in [0.2, 0.25) is 0 Å². The van der Waals surface area contributed by atoms with Crippen molar-refractivity contribution in [1.29, 1.82) is 0 Å². The molecule has 0 bridgehead atoms. The summed E-state index contributed by atoms with van der Waals surface area (Å²) in [5.74, 6) is 0. The summed E-state index contributed by atoms with van der Waals surface area (Å²) in [5, 5.41) is 0. The van der Waals surface area contributed by atoms with Crippen LogP contribution < -0.4 is 0 Å². The summed E-state index contributed by atoms with van der Waals surface area (Å²) >= 11 is 0. The van der Waals surface area contributed by atoms with Gasteiger partial charge in [0.05, 0.1) is 0 Å². The van der Waals surface area contributed by atoms with Gasteiger partial charge >= 0.3 is 0 Å². The molecule has 0 aromatic rings. The van der Waals surface area contributed by atoms with Crippen LogP contribution in [-0.4, -0.2) is 0 Å². The van der Waals surface area contributed by atoms with Crippen molar-refractivity contribution < 1.29 is 0 Å². The van der Waals surface area contributed by atoms with Gasteiger partial charge in [-0.1, -0.05) is 68.3 Å². The molecule has 0 aliphatic carbocycles. The van der Waals surface area contributed by atoms with Gasteiger partial charge in [-0.05, 0) is 6.42 Å². The zero-order valence-electron chi connectivity index (χ0n) is 8.15. The quantitative estimate of drug-likeness (QED) is 0.432. The molecule has 0 N–H and O–H groups in total. The zero-order chi connectivity index (χ0) is 10.4. The number of allylic oxidation sites excluding steroid dienone is 8. The van der Waals surface area contributed by atoms with Gasteiger partial charge in [0.15, 0.2) is 0 Å². The van der Waals surface area contributed by atoms with Gasteiger partial charge in [-0.15, -0.1) is 6.58 Å². The summed E-state index contributed by atoms with van der Waals surface area (Å²) in [6.07, 6.45) is 15.5. The van der Waals surface area contributed by atoms with E-state index in [9.17, 15) is 0 Å². The molecule has 0 atom stereocenters.